The van der Waals surface area contributed by atoms with E-state index in [1.165, 1.54) is 0 Å². The lowest BCUT2D eigenvalue weighted by Gasteiger charge is -2.17. The Kier molecular flexibility index (Phi) is 6.24. The Labute approximate surface area is 154 Å². The molecule has 0 saturated carbocycles. The van der Waals surface area contributed by atoms with Crippen molar-refractivity contribution in [1.82, 2.24) is 5.32 Å². The van der Waals surface area contributed by atoms with Crippen molar-refractivity contribution in [3.63, 3.8) is 0 Å². The maximum atomic E-state index is 12.6. The smallest absolute Gasteiger partial charge is 0.244 e. The van der Waals surface area contributed by atoms with Crippen molar-refractivity contribution in [1.29, 1.82) is 5.26 Å². The Hall–Kier alpha value is -2.84. The van der Waals surface area contributed by atoms with Crippen molar-refractivity contribution >= 4 is 11.6 Å². The molecule has 2 aromatic carbocycles. The first kappa shape index (κ1) is 18.0. The quantitative estimate of drug-likeness (QED) is 0.743. The molecule has 1 atom stereocenters. The monoisotopic (exact) mass is 349 g/mol. The SMILES string of the molecule is N#CCCCOc1cccc(CNC2CCN(c3ccccc3)C2=O)c1. The average Bonchev–Trinajstić information content (AvgIpc) is 3.05. The van der Waals surface area contributed by atoms with Gasteiger partial charge in [0, 0.05) is 25.2 Å². The maximum Gasteiger partial charge on any atom is 0.244 e. The number of para-hydroxylation sites is 1. The molecule has 1 N–H and O–H groups in total. The first-order valence-corrected chi connectivity index (χ1v) is 8.96. The molecule has 1 amide bonds. The normalized spacial score (nSPS) is 16.5. The van der Waals surface area contributed by atoms with Gasteiger partial charge in [0.2, 0.25) is 5.91 Å². The zero-order valence-electron chi connectivity index (χ0n) is 14.7. The molecule has 26 heavy (non-hydrogen) atoms. The van der Waals surface area contributed by atoms with E-state index >= 15 is 0 Å². The van der Waals surface area contributed by atoms with Crippen LogP contribution >= 0.6 is 0 Å². The van der Waals surface area contributed by atoms with Crippen molar-refractivity contribution in [2.24, 2.45) is 0 Å². The van der Waals surface area contributed by atoms with Gasteiger partial charge in [-0.3, -0.25) is 4.79 Å². The van der Waals surface area contributed by atoms with Gasteiger partial charge in [0.1, 0.15) is 5.75 Å². The van der Waals surface area contributed by atoms with Crippen LogP contribution < -0.4 is 15.0 Å². The van der Waals surface area contributed by atoms with Crippen LogP contribution in [0.5, 0.6) is 5.75 Å². The Morgan fingerprint density at radius 3 is 2.85 bits per heavy atom. The molecule has 2 aromatic rings. The Balaban J connectivity index is 1.51. The highest BCUT2D eigenvalue weighted by atomic mass is 16.5. The van der Waals surface area contributed by atoms with Crippen LogP contribution in [0.2, 0.25) is 0 Å². The third kappa shape index (κ3) is 4.62. The summed E-state index contributed by atoms with van der Waals surface area (Å²) in [5, 5.41) is 11.9. The highest BCUT2D eigenvalue weighted by molar-refractivity contribution is 5.99. The zero-order valence-corrected chi connectivity index (χ0v) is 14.7. The van der Waals surface area contributed by atoms with Gasteiger partial charge in [0.15, 0.2) is 0 Å². The minimum Gasteiger partial charge on any atom is -0.494 e. The molecule has 0 aliphatic carbocycles. The van der Waals surface area contributed by atoms with E-state index in [4.69, 9.17) is 10.00 Å². The molecular weight excluding hydrogens is 326 g/mol. The lowest BCUT2D eigenvalue weighted by Crippen LogP contribution is -2.37. The number of hydrogen-bond donors (Lipinski definition) is 1. The van der Waals surface area contributed by atoms with Crippen molar-refractivity contribution in [3.8, 4) is 11.8 Å². The van der Waals surface area contributed by atoms with Gasteiger partial charge < -0.3 is 15.0 Å². The summed E-state index contributed by atoms with van der Waals surface area (Å²) in [6.45, 7) is 1.90. The number of rotatable bonds is 8. The number of hydrogen-bond acceptors (Lipinski definition) is 4. The van der Waals surface area contributed by atoms with Crippen LogP contribution in [0.25, 0.3) is 0 Å². The summed E-state index contributed by atoms with van der Waals surface area (Å²) in [5.41, 5.74) is 2.03. The maximum absolute atomic E-state index is 12.6. The molecule has 5 nitrogen and oxygen atoms in total. The van der Waals surface area contributed by atoms with E-state index in [1.54, 1.807) is 0 Å². The molecule has 3 rings (SSSR count). The van der Waals surface area contributed by atoms with Crippen LogP contribution in [-0.2, 0) is 11.3 Å². The summed E-state index contributed by atoms with van der Waals surface area (Å²) in [6, 6.07) is 19.6. The van der Waals surface area contributed by atoms with E-state index in [2.05, 4.69) is 11.4 Å². The number of nitrogens with zero attached hydrogens (tertiary/aromatic N) is 2. The molecule has 1 unspecified atom stereocenters. The molecule has 0 radical (unpaired) electrons. The number of unbranched alkanes of at least 4 members (excludes halogenated alkanes) is 1. The molecule has 134 valence electrons. The topological polar surface area (TPSA) is 65.4 Å². The number of anilines is 1. The molecular formula is C21H23N3O2. The van der Waals surface area contributed by atoms with Crippen LogP contribution in [0.1, 0.15) is 24.8 Å². The molecule has 1 aliphatic heterocycles. The largest absolute Gasteiger partial charge is 0.494 e. The summed E-state index contributed by atoms with van der Waals surface area (Å²) in [4.78, 5) is 14.4. The van der Waals surface area contributed by atoms with Crippen LogP contribution in [0.4, 0.5) is 5.69 Å². The lowest BCUT2D eigenvalue weighted by atomic mass is 10.2. The first-order chi connectivity index (χ1) is 12.8. The van der Waals surface area contributed by atoms with Crippen molar-refractivity contribution in [3.05, 3.63) is 60.2 Å². The number of benzene rings is 2. The molecule has 1 heterocycles. The van der Waals surface area contributed by atoms with Gasteiger partial charge in [-0.1, -0.05) is 30.3 Å². The van der Waals surface area contributed by atoms with Gasteiger partial charge >= 0.3 is 0 Å². The molecule has 0 spiro atoms. The summed E-state index contributed by atoms with van der Waals surface area (Å²) in [5.74, 6) is 0.922. The zero-order chi connectivity index (χ0) is 18.2. The van der Waals surface area contributed by atoms with E-state index in [-0.39, 0.29) is 11.9 Å². The van der Waals surface area contributed by atoms with Gasteiger partial charge in [0.25, 0.3) is 0 Å². The minimum atomic E-state index is -0.157. The van der Waals surface area contributed by atoms with E-state index in [0.29, 0.717) is 19.6 Å². The van der Waals surface area contributed by atoms with Gasteiger partial charge in [-0.05, 0) is 42.7 Å². The van der Waals surface area contributed by atoms with Crippen LogP contribution in [0.15, 0.2) is 54.6 Å². The third-order valence-electron chi connectivity index (χ3n) is 4.43. The standard InChI is InChI=1S/C21H23N3O2/c22-12-4-5-14-26-19-10-6-7-17(15-19)16-23-20-11-13-24(21(20)25)18-8-2-1-3-9-18/h1-3,6-10,15,20,23H,4-5,11,13-14,16H2. The molecule has 0 aromatic heterocycles. The van der Waals surface area contributed by atoms with Crippen molar-refractivity contribution < 1.29 is 9.53 Å². The Morgan fingerprint density at radius 2 is 2.04 bits per heavy atom. The number of carbonyl (C=O) groups excluding carboxylic acids is 1. The lowest BCUT2D eigenvalue weighted by molar-refractivity contribution is -0.118. The molecule has 1 fully saturated rings. The van der Waals surface area contributed by atoms with Gasteiger partial charge in [0.05, 0.1) is 18.7 Å². The van der Waals surface area contributed by atoms with Gasteiger partial charge in [-0.2, -0.15) is 5.26 Å². The summed E-state index contributed by atoms with van der Waals surface area (Å²) in [7, 11) is 0. The van der Waals surface area contributed by atoms with Crippen LogP contribution in [-0.4, -0.2) is 25.1 Å². The molecule has 0 bridgehead atoms. The molecule has 1 aliphatic rings. The van der Waals surface area contributed by atoms with Crippen LogP contribution in [0.3, 0.4) is 0 Å². The summed E-state index contributed by atoms with van der Waals surface area (Å²) < 4.78 is 5.66. The third-order valence-corrected chi connectivity index (χ3v) is 4.43. The highest BCUT2D eigenvalue weighted by Gasteiger charge is 2.31. The summed E-state index contributed by atoms with van der Waals surface area (Å²) >= 11 is 0. The minimum absolute atomic E-state index is 0.125. The van der Waals surface area contributed by atoms with Gasteiger partial charge in [-0.15, -0.1) is 0 Å². The van der Waals surface area contributed by atoms with E-state index in [0.717, 1.165) is 36.4 Å². The second kappa shape index (κ2) is 9.02. The fourth-order valence-corrected chi connectivity index (χ4v) is 3.06. The second-order valence-electron chi connectivity index (χ2n) is 6.31. The summed E-state index contributed by atoms with van der Waals surface area (Å²) in [6.07, 6.45) is 2.03. The Morgan fingerprint density at radius 1 is 1.19 bits per heavy atom. The molecule has 1 saturated heterocycles. The number of carbonyl (C=O) groups is 1. The number of nitrogens with one attached hydrogen (secondary N) is 1. The predicted octanol–water partition coefficient (Wildman–Crippen LogP) is 3.26. The van der Waals surface area contributed by atoms with Crippen LogP contribution in [0, 0.1) is 11.3 Å². The average molecular weight is 349 g/mol. The van der Waals surface area contributed by atoms with Crippen molar-refractivity contribution in [2.45, 2.75) is 31.8 Å². The predicted molar refractivity (Wildman–Crippen MR) is 101 cm³/mol. The number of nitriles is 1. The fourth-order valence-electron chi connectivity index (χ4n) is 3.06. The number of amides is 1. The van der Waals surface area contributed by atoms with E-state index < -0.39 is 0 Å². The number of ether oxygens (including phenoxy) is 1. The van der Waals surface area contributed by atoms with Crippen molar-refractivity contribution in [2.75, 3.05) is 18.1 Å². The first-order valence-electron chi connectivity index (χ1n) is 8.96. The van der Waals surface area contributed by atoms with E-state index in [1.807, 2.05) is 59.5 Å². The second-order valence-corrected chi connectivity index (χ2v) is 6.31. The fraction of sp³-hybridized carbons (Fsp3) is 0.333. The Bertz CT molecular complexity index is 770. The highest BCUT2D eigenvalue weighted by Crippen LogP contribution is 2.21. The van der Waals surface area contributed by atoms with E-state index in [9.17, 15) is 4.79 Å². The molecule has 5 heteroatoms. The van der Waals surface area contributed by atoms with Gasteiger partial charge in [-0.25, -0.2) is 0 Å².